The number of halogens is 1. The number of hydrogen-bond acceptors (Lipinski definition) is 1. The van der Waals surface area contributed by atoms with Crippen molar-refractivity contribution in [1.29, 1.82) is 0 Å². The normalized spacial score (nSPS) is 25.3. The van der Waals surface area contributed by atoms with Gasteiger partial charge in [-0.05, 0) is 49.8 Å². The van der Waals surface area contributed by atoms with Crippen molar-refractivity contribution in [3.05, 3.63) is 28.9 Å². The number of nitrogens with zero attached hydrogens (tertiary/aromatic N) is 2. The first-order valence-corrected chi connectivity index (χ1v) is 7.16. The standard InChI is InChI=1S/C14H17BrN2/c1-10-2-5-13(6-3-10)17-9-11-8-12(15)4-7-14(11)16-17/h4,7-10,13H,2-3,5-6H2,1H3. The van der Waals surface area contributed by atoms with E-state index in [4.69, 9.17) is 5.10 Å². The van der Waals surface area contributed by atoms with Crippen LogP contribution in [0.1, 0.15) is 38.6 Å². The molecule has 0 bridgehead atoms. The van der Waals surface area contributed by atoms with E-state index in [2.05, 4.69) is 51.9 Å². The fraction of sp³-hybridized carbons (Fsp3) is 0.500. The highest BCUT2D eigenvalue weighted by molar-refractivity contribution is 9.10. The predicted molar refractivity (Wildman–Crippen MR) is 74.1 cm³/mol. The SMILES string of the molecule is CC1CCC(n2cc3cc(Br)ccc3n2)CC1. The molecule has 1 saturated carbocycles. The van der Waals surface area contributed by atoms with E-state index in [1.165, 1.54) is 31.1 Å². The van der Waals surface area contributed by atoms with E-state index in [0.717, 1.165) is 15.9 Å². The molecule has 1 aliphatic carbocycles. The Kier molecular flexibility index (Phi) is 2.95. The van der Waals surface area contributed by atoms with Gasteiger partial charge in [0.05, 0.1) is 11.6 Å². The van der Waals surface area contributed by atoms with Gasteiger partial charge in [0.2, 0.25) is 0 Å². The van der Waals surface area contributed by atoms with Crippen LogP contribution in [0, 0.1) is 5.92 Å². The summed E-state index contributed by atoms with van der Waals surface area (Å²) in [5.74, 6) is 0.894. The monoisotopic (exact) mass is 292 g/mol. The average molecular weight is 293 g/mol. The summed E-state index contributed by atoms with van der Waals surface area (Å²) in [6.45, 7) is 2.35. The van der Waals surface area contributed by atoms with Crippen molar-refractivity contribution in [2.75, 3.05) is 0 Å². The number of fused-ring (bicyclic) bond motifs is 1. The molecule has 1 aliphatic rings. The van der Waals surface area contributed by atoms with Gasteiger partial charge in [0.25, 0.3) is 0 Å². The molecule has 0 N–H and O–H groups in total. The van der Waals surface area contributed by atoms with Crippen LogP contribution in [0.2, 0.25) is 0 Å². The maximum absolute atomic E-state index is 4.70. The van der Waals surface area contributed by atoms with Crippen molar-refractivity contribution < 1.29 is 0 Å². The lowest BCUT2D eigenvalue weighted by Crippen LogP contribution is -2.16. The molecule has 0 atom stereocenters. The third kappa shape index (κ3) is 2.25. The van der Waals surface area contributed by atoms with Crippen molar-refractivity contribution in [2.45, 2.75) is 38.6 Å². The molecule has 1 heterocycles. The van der Waals surface area contributed by atoms with Crippen molar-refractivity contribution in [3.63, 3.8) is 0 Å². The lowest BCUT2D eigenvalue weighted by Gasteiger charge is -2.26. The van der Waals surface area contributed by atoms with Gasteiger partial charge >= 0.3 is 0 Å². The maximum Gasteiger partial charge on any atom is 0.0924 e. The minimum atomic E-state index is 0.609. The first kappa shape index (κ1) is 11.3. The van der Waals surface area contributed by atoms with E-state index in [1.807, 2.05) is 0 Å². The minimum absolute atomic E-state index is 0.609. The molecule has 1 fully saturated rings. The topological polar surface area (TPSA) is 17.8 Å². The largest absolute Gasteiger partial charge is 0.268 e. The highest BCUT2D eigenvalue weighted by Crippen LogP contribution is 2.32. The molecule has 1 aromatic carbocycles. The van der Waals surface area contributed by atoms with Crippen molar-refractivity contribution >= 4 is 26.8 Å². The Morgan fingerprint density at radius 2 is 2.00 bits per heavy atom. The van der Waals surface area contributed by atoms with Crippen molar-refractivity contribution in [1.82, 2.24) is 9.78 Å². The van der Waals surface area contributed by atoms with Crippen LogP contribution in [0.4, 0.5) is 0 Å². The fourth-order valence-electron chi connectivity index (χ4n) is 2.71. The van der Waals surface area contributed by atoms with Gasteiger partial charge in [0, 0.05) is 16.1 Å². The molecule has 17 heavy (non-hydrogen) atoms. The van der Waals surface area contributed by atoms with E-state index in [9.17, 15) is 0 Å². The van der Waals surface area contributed by atoms with Crippen LogP contribution >= 0.6 is 15.9 Å². The van der Waals surface area contributed by atoms with E-state index in [-0.39, 0.29) is 0 Å². The van der Waals surface area contributed by atoms with Gasteiger partial charge in [0.1, 0.15) is 0 Å². The second-order valence-electron chi connectivity index (χ2n) is 5.23. The van der Waals surface area contributed by atoms with E-state index < -0.39 is 0 Å². The quantitative estimate of drug-likeness (QED) is 0.754. The molecule has 0 amide bonds. The molecule has 0 radical (unpaired) electrons. The summed E-state index contributed by atoms with van der Waals surface area (Å²) in [6.07, 6.45) is 7.42. The van der Waals surface area contributed by atoms with Crippen LogP contribution in [0.15, 0.2) is 28.9 Å². The first-order chi connectivity index (χ1) is 8.22. The van der Waals surface area contributed by atoms with Crippen molar-refractivity contribution in [3.8, 4) is 0 Å². The lowest BCUT2D eigenvalue weighted by molar-refractivity contribution is 0.275. The van der Waals surface area contributed by atoms with Crippen LogP contribution < -0.4 is 0 Å². The Labute approximate surface area is 110 Å². The number of hydrogen-bond donors (Lipinski definition) is 0. The van der Waals surface area contributed by atoms with Crippen LogP contribution in [-0.4, -0.2) is 9.78 Å². The van der Waals surface area contributed by atoms with E-state index in [0.29, 0.717) is 6.04 Å². The molecule has 0 saturated heterocycles. The third-order valence-electron chi connectivity index (χ3n) is 3.84. The molecule has 0 spiro atoms. The highest BCUT2D eigenvalue weighted by atomic mass is 79.9. The van der Waals surface area contributed by atoms with Gasteiger partial charge in [-0.15, -0.1) is 0 Å². The minimum Gasteiger partial charge on any atom is -0.268 e. The number of benzene rings is 1. The lowest BCUT2D eigenvalue weighted by atomic mass is 9.87. The smallest absolute Gasteiger partial charge is 0.0924 e. The fourth-order valence-corrected chi connectivity index (χ4v) is 3.09. The molecule has 0 unspecified atom stereocenters. The average Bonchev–Trinajstić information content (AvgIpc) is 2.72. The van der Waals surface area contributed by atoms with E-state index in [1.54, 1.807) is 0 Å². The molecule has 2 nitrogen and oxygen atoms in total. The first-order valence-electron chi connectivity index (χ1n) is 6.37. The van der Waals surface area contributed by atoms with Gasteiger partial charge in [-0.2, -0.15) is 5.10 Å². The molecular weight excluding hydrogens is 276 g/mol. The maximum atomic E-state index is 4.70. The summed E-state index contributed by atoms with van der Waals surface area (Å²) < 4.78 is 3.31. The van der Waals surface area contributed by atoms with Gasteiger partial charge < -0.3 is 0 Å². The van der Waals surface area contributed by atoms with Crippen molar-refractivity contribution in [2.24, 2.45) is 5.92 Å². The van der Waals surface area contributed by atoms with Crippen LogP contribution in [0.25, 0.3) is 10.9 Å². The second-order valence-corrected chi connectivity index (χ2v) is 6.14. The molecule has 2 aromatic rings. The molecule has 1 aromatic heterocycles. The zero-order valence-electron chi connectivity index (χ0n) is 10.1. The third-order valence-corrected chi connectivity index (χ3v) is 4.34. The Balaban J connectivity index is 1.90. The molecular formula is C14H17BrN2. The Hall–Kier alpha value is -0.830. The summed E-state index contributed by atoms with van der Waals surface area (Å²) in [5, 5.41) is 5.93. The van der Waals surface area contributed by atoms with Gasteiger partial charge in [-0.3, -0.25) is 4.68 Å². The van der Waals surface area contributed by atoms with Crippen LogP contribution in [0.5, 0.6) is 0 Å². The van der Waals surface area contributed by atoms with Crippen LogP contribution in [-0.2, 0) is 0 Å². The second kappa shape index (κ2) is 4.45. The summed E-state index contributed by atoms with van der Waals surface area (Å²) in [4.78, 5) is 0. The predicted octanol–water partition coefficient (Wildman–Crippen LogP) is 4.55. The molecule has 0 aliphatic heterocycles. The zero-order valence-corrected chi connectivity index (χ0v) is 11.7. The molecule has 3 rings (SSSR count). The van der Waals surface area contributed by atoms with Gasteiger partial charge in [-0.1, -0.05) is 22.9 Å². The summed E-state index contributed by atoms with van der Waals surface area (Å²) in [5.41, 5.74) is 1.10. The van der Waals surface area contributed by atoms with Gasteiger partial charge in [-0.25, -0.2) is 0 Å². The summed E-state index contributed by atoms with van der Waals surface area (Å²) in [6, 6.07) is 6.89. The number of aromatic nitrogens is 2. The van der Waals surface area contributed by atoms with E-state index >= 15 is 0 Å². The molecule has 90 valence electrons. The van der Waals surface area contributed by atoms with Crippen LogP contribution in [0.3, 0.4) is 0 Å². The summed E-state index contributed by atoms with van der Waals surface area (Å²) >= 11 is 3.51. The highest BCUT2D eigenvalue weighted by Gasteiger charge is 2.20. The zero-order chi connectivity index (χ0) is 11.8. The molecule has 3 heteroatoms. The Bertz CT molecular complexity index is 524. The van der Waals surface area contributed by atoms with Gasteiger partial charge in [0.15, 0.2) is 0 Å². The number of rotatable bonds is 1. The Morgan fingerprint density at radius 1 is 1.24 bits per heavy atom. The Morgan fingerprint density at radius 3 is 2.76 bits per heavy atom. The summed E-state index contributed by atoms with van der Waals surface area (Å²) in [7, 11) is 0.